The molecule has 100 valence electrons. The van der Waals surface area contributed by atoms with Crippen LogP contribution in [0.2, 0.25) is 5.02 Å². The molecule has 0 saturated carbocycles. The van der Waals surface area contributed by atoms with Gasteiger partial charge in [0.25, 0.3) is 5.89 Å². The van der Waals surface area contributed by atoms with Crippen LogP contribution in [0.1, 0.15) is 0 Å². The minimum absolute atomic E-state index is 0.0160. The Kier molecular flexibility index (Phi) is 3.12. The Morgan fingerprint density at radius 2 is 1.75 bits per heavy atom. The smallest absolute Gasteiger partial charge is 0.258 e. The standard InChI is InChI=1S/C14H8ClFN2O2/c15-11-7-9(3-6-12(11)19)13-17-14(20-18-13)8-1-4-10(16)5-2-8/h1-7,19H. The number of nitrogens with zero attached hydrogens (tertiary/aromatic N) is 2. The number of aromatic hydroxyl groups is 1. The molecule has 3 rings (SSSR count). The highest BCUT2D eigenvalue weighted by atomic mass is 35.5. The molecule has 0 amide bonds. The molecule has 6 heteroatoms. The van der Waals surface area contributed by atoms with E-state index in [0.29, 0.717) is 17.0 Å². The molecule has 20 heavy (non-hydrogen) atoms. The molecule has 0 aliphatic rings. The van der Waals surface area contributed by atoms with E-state index in [1.54, 1.807) is 18.2 Å². The monoisotopic (exact) mass is 290 g/mol. The zero-order valence-corrected chi connectivity index (χ0v) is 10.8. The lowest BCUT2D eigenvalue weighted by atomic mass is 10.2. The van der Waals surface area contributed by atoms with Gasteiger partial charge in [-0.25, -0.2) is 4.39 Å². The van der Waals surface area contributed by atoms with E-state index >= 15 is 0 Å². The lowest BCUT2D eigenvalue weighted by Gasteiger charge is -1.97. The Balaban J connectivity index is 1.97. The maximum atomic E-state index is 12.8. The molecule has 4 nitrogen and oxygen atoms in total. The van der Waals surface area contributed by atoms with Gasteiger partial charge in [-0.3, -0.25) is 0 Å². The molecule has 0 bridgehead atoms. The summed E-state index contributed by atoms with van der Waals surface area (Å²) in [5.74, 6) is 0.270. The van der Waals surface area contributed by atoms with Gasteiger partial charge in [0, 0.05) is 11.1 Å². The minimum Gasteiger partial charge on any atom is -0.506 e. The van der Waals surface area contributed by atoms with E-state index in [1.165, 1.54) is 24.3 Å². The first-order valence-electron chi connectivity index (χ1n) is 5.72. The van der Waals surface area contributed by atoms with Crippen LogP contribution in [-0.4, -0.2) is 15.2 Å². The first-order valence-corrected chi connectivity index (χ1v) is 6.10. The molecule has 2 aromatic carbocycles. The van der Waals surface area contributed by atoms with E-state index < -0.39 is 0 Å². The van der Waals surface area contributed by atoms with E-state index in [2.05, 4.69) is 10.1 Å². The average Bonchev–Trinajstić information content (AvgIpc) is 2.92. The van der Waals surface area contributed by atoms with Crippen LogP contribution < -0.4 is 0 Å². The van der Waals surface area contributed by atoms with Gasteiger partial charge in [0.05, 0.1) is 5.02 Å². The Morgan fingerprint density at radius 3 is 2.45 bits per heavy atom. The number of phenolic OH excluding ortho intramolecular Hbond substituents is 1. The first-order chi connectivity index (χ1) is 9.63. The summed E-state index contributed by atoms with van der Waals surface area (Å²) in [6.45, 7) is 0. The fourth-order valence-corrected chi connectivity index (χ4v) is 1.88. The molecule has 0 atom stereocenters. The second-order valence-corrected chi connectivity index (χ2v) is 4.50. The first kappa shape index (κ1) is 12.6. The molecule has 0 aliphatic carbocycles. The van der Waals surface area contributed by atoms with Crippen LogP contribution in [0, 0.1) is 5.82 Å². The topological polar surface area (TPSA) is 59.2 Å². The highest BCUT2D eigenvalue weighted by Crippen LogP contribution is 2.29. The van der Waals surface area contributed by atoms with Crippen LogP contribution in [0.5, 0.6) is 5.75 Å². The molecule has 0 aliphatic heterocycles. The van der Waals surface area contributed by atoms with Crippen molar-refractivity contribution in [2.75, 3.05) is 0 Å². The lowest BCUT2D eigenvalue weighted by Crippen LogP contribution is -1.82. The van der Waals surface area contributed by atoms with Gasteiger partial charge in [0.1, 0.15) is 11.6 Å². The van der Waals surface area contributed by atoms with Gasteiger partial charge in [-0.05, 0) is 42.5 Å². The third-order valence-electron chi connectivity index (χ3n) is 2.72. The molecule has 0 spiro atoms. The number of halogens is 2. The summed E-state index contributed by atoms with van der Waals surface area (Å²) < 4.78 is 18.0. The van der Waals surface area contributed by atoms with Gasteiger partial charge in [0.15, 0.2) is 0 Å². The maximum absolute atomic E-state index is 12.8. The van der Waals surface area contributed by atoms with Crippen molar-refractivity contribution in [3.63, 3.8) is 0 Å². The number of hydrogen-bond acceptors (Lipinski definition) is 4. The van der Waals surface area contributed by atoms with Crippen LogP contribution >= 0.6 is 11.6 Å². The zero-order chi connectivity index (χ0) is 14.1. The predicted octanol–water partition coefficient (Wildman–Crippen LogP) is 3.90. The van der Waals surface area contributed by atoms with Crippen molar-refractivity contribution in [1.82, 2.24) is 10.1 Å². The largest absolute Gasteiger partial charge is 0.506 e. The summed E-state index contributed by atoms with van der Waals surface area (Å²) in [6, 6.07) is 10.3. The van der Waals surface area contributed by atoms with Crippen molar-refractivity contribution in [2.45, 2.75) is 0 Å². The van der Waals surface area contributed by atoms with Gasteiger partial charge in [-0.1, -0.05) is 16.8 Å². The third-order valence-corrected chi connectivity index (χ3v) is 3.03. The molecule has 3 aromatic rings. The SMILES string of the molecule is Oc1ccc(-c2noc(-c3ccc(F)cc3)n2)cc1Cl. The van der Waals surface area contributed by atoms with Crippen molar-refractivity contribution in [3.8, 4) is 28.6 Å². The molecule has 0 unspecified atom stereocenters. The van der Waals surface area contributed by atoms with Crippen LogP contribution in [-0.2, 0) is 0 Å². The number of benzene rings is 2. The molecule has 0 saturated heterocycles. The van der Waals surface area contributed by atoms with E-state index in [0.717, 1.165) is 0 Å². The fourth-order valence-electron chi connectivity index (χ4n) is 1.70. The maximum Gasteiger partial charge on any atom is 0.258 e. The summed E-state index contributed by atoms with van der Waals surface area (Å²) in [6.07, 6.45) is 0. The number of aromatic nitrogens is 2. The fraction of sp³-hybridized carbons (Fsp3) is 0. The molecular weight excluding hydrogens is 283 g/mol. The van der Waals surface area contributed by atoms with Gasteiger partial charge in [-0.15, -0.1) is 0 Å². The minimum atomic E-state index is -0.334. The van der Waals surface area contributed by atoms with Crippen LogP contribution in [0.4, 0.5) is 4.39 Å². The zero-order valence-electron chi connectivity index (χ0n) is 10.0. The third kappa shape index (κ3) is 2.35. The Labute approximate surface area is 118 Å². The number of phenols is 1. The van der Waals surface area contributed by atoms with Crippen molar-refractivity contribution < 1.29 is 14.0 Å². The van der Waals surface area contributed by atoms with Crippen molar-refractivity contribution in [2.24, 2.45) is 0 Å². The normalized spacial score (nSPS) is 10.7. The molecule has 0 fully saturated rings. The molecular formula is C14H8ClFN2O2. The average molecular weight is 291 g/mol. The van der Waals surface area contributed by atoms with Gasteiger partial charge in [-0.2, -0.15) is 4.98 Å². The highest BCUT2D eigenvalue weighted by molar-refractivity contribution is 6.32. The van der Waals surface area contributed by atoms with Crippen molar-refractivity contribution in [1.29, 1.82) is 0 Å². The molecule has 1 aromatic heterocycles. The van der Waals surface area contributed by atoms with Gasteiger partial charge >= 0.3 is 0 Å². The summed E-state index contributed by atoms with van der Waals surface area (Å²) in [4.78, 5) is 4.21. The van der Waals surface area contributed by atoms with Crippen molar-refractivity contribution in [3.05, 3.63) is 53.3 Å². The molecule has 1 N–H and O–H groups in total. The second-order valence-electron chi connectivity index (χ2n) is 4.10. The summed E-state index contributed by atoms with van der Waals surface area (Å²) in [5.41, 5.74) is 1.24. The van der Waals surface area contributed by atoms with Crippen LogP contribution in [0.3, 0.4) is 0 Å². The Morgan fingerprint density at radius 1 is 1.05 bits per heavy atom. The summed E-state index contributed by atoms with van der Waals surface area (Å²) >= 11 is 5.83. The second kappa shape index (κ2) is 4.94. The predicted molar refractivity (Wildman–Crippen MR) is 71.8 cm³/mol. The summed E-state index contributed by atoms with van der Waals surface area (Å²) in [5, 5.41) is 13.4. The quantitative estimate of drug-likeness (QED) is 0.777. The lowest BCUT2D eigenvalue weighted by molar-refractivity contribution is 0.432. The van der Waals surface area contributed by atoms with Crippen LogP contribution in [0.15, 0.2) is 47.0 Å². The number of hydrogen-bond donors (Lipinski definition) is 1. The van der Waals surface area contributed by atoms with Gasteiger partial charge < -0.3 is 9.63 Å². The van der Waals surface area contributed by atoms with E-state index in [9.17, 15) is 9.50 Å². The molecule has 1 heterocycles. The van der Waals surface area contributed by atoms with E-state index in [4.69, 9.17) is 16.1 Å². The van der Waals surface area contributed by atoms with E-state index in [1.807, 2.05) is 0 Å². The molecule has 0 radical (unpaired) electrons. The van der Waals surface area contributed by atoms with Crippen molar-refractivity contribution >= 4 is 11.6 Å². The van der Waals surface area contributed by atoms with E-state index in [-0.39, 0.29) is 22.5 Å². The Bertz CT molecular complexity index is 756. The van der Waals surface area contributed by atoms with Crippen LogP contribution in [0.25, 0.3) is 22.8 Å². The number of rotatable bonds is 2. The Hall–Kier alpha value is -2.40. The highest BCUT2D eigenvalue weighted by Gasteiger charge is 2.12. The van der Waals surface area contributed by atoms with Gasteiger partial charge in [0.2, 0.25) is 5.82 Å². The summed E-state index contributed by atoms with van der Waals surface area (Å²) in [7, 11) is 0.